The highest BCUT2D eigenvalue weighted by Gasteiger charge is 2.16. The van der Waals surface area contributed by atoms with Crippen LogP contribution in [0, 0.1) is 11.6 Å². The van der Waals surface area contributed by atoms with Crippen LogP contribution in [0.4, 0.5) is 8.78 Å². The second-order valence-corrected chi connectivity index (χ2v) is 4.75. The van der Waals surface area contributed by atoms with Gasteiger partial charge < -0.3 is 10.2 Å². The quantitative estimate of drug-likeness (QED) is 0.906. The van der Waals surface area contributed by atoms with Crippen LogP contribution in [-0.4, -0.2) is 30.4 Å². The Morgan fingerprint density at radius 3 is 2.42 bits per heavy atom. The minimum absolute atomic E-state index is 0.00329. The maximum Gasteiger partial charge on any atom is 0.236 e. The van der Waals surface area contributed by atoms with Crippen molar-refractivity contribution in [2.75, 3.05) is 19.6 Å². The van der Waals surface area contributed by atoms with E-state index in [4.69, 9.17) is 0 Å². The summed E-state index contributed by atoms with van der Waals surface area (Å²) in [7, 11) is 0. The molecule has 1 aliphatic rings. The largest absolute Gasteiger partial charge is 0.342 e. The van der Waals surface area contributed by atoms with Gasteiger partial charge in [-0.05, 0) is 31.4 Å². The average Bonchev–Trinajstić information content (AvgIpc) is 2.43. The fourth-order valence-electron chi connectivity index (χ4n) is 2.25. The summed E-state index contributed by atoms with van der Waals surface area (Å²) >= 11 is 0. The van der Waals surface area contributed by atoms with Crippen LogP contribution in [0.25, 0.3) is 0 Å². The lowest BCUT2D eigenvalue weighted by Crippen LogP contribution is -2.41. The van der Waals surface area contributed by atoms with Crippen molar-refractivity contribution < 1.29 is 13.6 Å². The molecule has 0 radical (unpaired) electrons. The van der Waals surface area contributed by atoms with Crippen LogP contribution >= 0.6 is 0 Å². The zero-order chi connectivity index (χ0) is 13.7. The average molecular weight is 268 g/mol. The Labute approximate surface area is 111 Å². The minimum Gasteiger partial charge on any atom is -0.342 e. The van der Waals surface area contributed by atoms with Crippen molar-refractivity contribution >= 4 is 5.91 Å². The van der Waals surface area contributed by atoms with Crippen molar-refractivity contribution in [2.24, 2.45) is 0 Å². The third kappa shape index (κ3) is 3.73. The molecule has 1 fully saturated rings. The first-order valence-electron chi connectivity index (χ1n) is 6.60. The Hall–Kier alpha value is -1.49. The van der Waals surface area contributed by atoms with E-state index in [0.29, 0.717) is 0 Å². The van der Waals surface area contributed by atoms with E-state index in [-0.39, 0.29) is 24.6 Å². The van der Waals surface area contributed by atoms with Gasteiger partial charge in [0.05, 0.1) is 6.54 Å². The van der Waals surface area contributed by atoms with Gasteiger partial charge in [0.1, 0.15) is 11.6 Å². The summed E-state index contributed by atoms with van der Waals surface area (Å²) in [6.07, 6.45) is 3.24. The van der Waals surface area contributed by atoms with Gasteiger partial charge >= 0.3 is 0 Å². The summed E-state index contributed by atoms with van der Waals surface area (Å²) in [4.78, 5) is 13.6. The van der Waals surface area contributed by atoms with E-state index in [1.165, 1.54) is 18.2 Å². The number of likely N-dealkylation sites (tertiary alicyclic amines) is 1. The molecule has 1 saturated heterocycles. The number of amides is 1. The zero-order valence-corrected chi connectivity index (χ0v) is 10.8. The van der Waals surface area contributed by atoms with Gasteiger partial charge in [0, 0.05) is 25.2 Å². The molecule has 3 nitrogen and oxygen atoms in total. The molecule has 0 spiro atoms. The number of rotatable bonds is 4. The second kappa shape index (κ2) is 6.61. The van der Waals surface area contributed by atoms with Gasteiger partial charge in [-0.1, -0.05) is 6.07 Å². The highest BCUT2D eigenvalue weighted by molar-refractivity contribution is 5.78. The van der Waals surface area contributed by atoms with Gasteiger partial charge in [0.25, 0.3) is 0 Å². The lowest BCUT2D eigenvalue weighted by atomic mass is 10.1. The smallest absolute Gasteiger partial charge is 0.236 e. The fraction of sp³-hybridized carbons (Fsp3) is 0.500. The molecule has 1 aliphatic heterocycles. The van der Waals surface area contributed by atoms with E-state index in [2.05, 4.69) is 5.32 Å². The van der Waals surface area contributed by atoms with Crippen LogP contribution in [0.1, 0.15) is 24.8 Å². The predicted molar refractivity (Wildman–Crippen MR) is 68.5 cm³/mol. The number of halogens is 2. The Bertz CT molecular complexity index is 425. The molecular formula is C14H18F2N2O. The summed E-state index contributed by atoms with van der Waals surface area (Å²) in [6.45, 7) is 1.72. The van der Waals surface area contributed by atoms with Gasteiger partial charge in [-0.15, -0.1) is 0 Å². The summed E-state index contributed by atoms with van der Waals surface area (Å²) in [5, 5.41) is 2.81. The van der Waals surface area contributed by atoms with Crippen molar-refractivity contribution in [3.05, 3.63) is 35.4 Å². The predicted octanol–water partition coefficient (Wildman–Crippen LogP) is 2.07. The Morgan fingerprint density at radius 2 is 1.79 bits per heavy atom. The molecule has 1 N–H and O–H groups in total. The first kappa shape index (κ1) is 13.9. The number of benzene rings is 1. The SMILES string of the molecule is O=C(CNCc1c(F)cccc1F)N1CCCCC1. The molecule has 1 heterocycles. The van der Waals surface area contributed by atoms with Crippen LogP contribution in [0.3, 0.4) is 0 Å². The number of nitrogens with one attached hydrogen (secondary N) is 1. The van der Waals surface area contributed by atoms with Crippen molar-refractivity contribution in [1.29, 1.82) is 0 Å². The van der Waals surface area contributed by atoms with E-state index in [1.54, 1.807) is 4.90 Å². The van der Waals surface area contributed by atoms with Crippen LogP contribution in [-0.2, 0) is 11.3 Å². The lowest BCUT2D eigenvalue weighted by Gasteiger charge is -2.26. The zero-order valence-electron chi connectivity index (χ0n) is 10.8. The van der Waals surface area contributed by atoms with E-state index < -0.39 is 11.6 Å². The molecule has 2 rings (SSSR count). The molecule has 1 amide bonds. The first-order chi connectivity index (χ1) is 9.18. The number of nitrogens with zero attached hydrogens (tertiary/aromatic N) is 1. The van der Waals surface area contributed by atoms with Crippen molar-refractivity contribution in [3.63, 3.8) is 0 Å². The molecule has 19 heavy (non-hydrogen) atoms. The summed E-state index contributed by atoms with van der Waals surface area (Å²) in [5.41, 5.74) is -0.0195. The van der Waals surface area contributed by atoms with Gasteiger partial charge in [-0.25, -0.2) is 8.78 Å². The molecule has 1 aromatic carbocycles. The standard InChI is InChI=1S/C14H18F2N2O/c15-12-5-4-6-13(16)11(12)9-17-10-14(19)18-7-2-1-3-8-18/h4-6,17H,1-3,7-10H2. The van der Waals surface area contributed by atoms with E-state index in [9.17, 15) is 13.6 Å². The highest BCUT2D eigenvalue weighted by atomic mass is 19.1. The van der Waals surface area contributed by atoms with Gasteiger partial charge in [-0.3, -0.25) is 4.79 Å². The molecule has 0 atom stereocenters. The molecule has 0 bridgehead atoms. The Morgan fingerprint density at radius 1 is 1.16 bits per heavy atom. The molecule has 104 valence electrons. The molecule has 0 aromatic heterocycles. The lowest BCUT2D eigenvalue weighted by molar-refractivity contribution is -0.131. The Balaban J connectivity index is 1.81. The maximum atomic E-state index is 13.4. The van der Waals surface area contributed by atoms with Crippen LogP contribution < -0.4 is 5.32 Å². The molecule has 0 saturated carbocycles. The molecule has 1 aromatic rings. The van der Waals surface area contributed by atoms with Crippen molar-refractivity contribution in [1.82, 2.24) is 10.2 Å². The van der Waals surface area contributed by atoms with E-state index in [0.717, 1.165) is 32.4 Å². The third-order valence-electron chi connectivity index (χ3n) is 3.35. The fourth-order valence-corrected chi connectivity index (χ4v) is 2.25. The number of piperidine rings is 1. The highest BCUT2D eigenvalue weighted by Crippen LogP contribution is 2.12. The summed E-state index contributed by atoms with van der Waals surface area (Å²) in [6, 6.07) is 3.76. The van der Waals surface area contributed by atoms with Gasteiger partial charge in [-0.2, -0.15) is 0 Å². The van der Waals surface area contributed by atoms with Crippen molar-refractivity contribution in [2.45, 2.75) is 25.8 Å². The van der Waals surface area contributed by atoms with Crippen LogP contribution in [0.5, 0.6) is 0 Å². The summed E-state index contributed by atoms with van der Waals surface area (Å²) < 4.78 is 26.7. The molecule has 0 aliphatic carbocycles. The molecule has 5 heteroatoms. The number of hydrogen-bond acceptors (Lipinski definition) is 2. The topological polar surface area (TPSA) is 32.3 Å². The van der Waals surface area contributed by atoms with Gasteiger partial charge in [0.15, 0.2) is 0 Å². The van der Waals surface area contributed by atoms with Crippen molar-refractivity contribution in [3.8, 4) is 0 Å². The summed E-state index contributed by atoms with van der Waals surface area (Å²) in [5.74, 6) is -1.17. The first-order valence-corrected chi connectivity index (χ1v) is 6.60. The van der Waals surface area contributed by atoms with Crippen LogP contribution in [0.2, 0.25) is 0 Å². The number of carbonyl (C=O) groups is 1. The third-order valence-corrected chi connectivity index (χ3v) is 3.35. The minimum atomic E-state index is -0.585. The second-order valence-electron chi connectivity index (χ2n) is 4.75. The number of carbonyl (C=O) groups excluding carboxylic acids is 1. The van der Waals surface area contributed by atoms with E-state index in [1.807, 2.05) is 0 Å². The van der Waals surface area contributed by atoms with Crippen LogP contribution in [0.15, 0.2) is 18.2 Å². The maximum absolute atomic E-state index is 13.4. The monoisotopic (exact) mass is 268 g/mol. The molecular weight excluding hydrogens is 250 g/mol. The van der Waals surface area contributed by atoms with Gasteiger partial charge in [0.2, 0.25) is 5.91 Å². The Kier molecular flexibility index (Phi) is 4.85. The molecule has 0 unspecified atom stereocenters. The number of hydrogen-bond donors (Lipinski definition) is 1. The van der Waals surface area contributed by atoms with E-state index >= 15 is 0 Å². The normalized spacial score (nSPS) is 15.6.